The maximum atomic E-state index is 13.1. The molecule has 1 aromatic carbocycles. The largest absolute Gasteiger partial charge is 0.381 e. The summed E-state index contributed by atoms with van der Waals surface area (Å²) in [5.41, 5.74) is 7.09. The summed E-state index contributed by atoms with van der Waals surface area (Å²) in [6.45, 7) is 3.58. The molecule has 112 valence electrons. The van der Waals surface area contributed by atoms with Crippen LogP contribution in [-0.2, 0) is 4.74 Å². The van der Waals surface area contributed by atoms with E-state index in [1.165, 1.54) is 12.1 Å². The van der Waals surface area contributed by atoms with Crippen molar-refractivity contribution in [1.29, 1.82) is 0 Å². The van der Waals surface area contributed by atoms with Gasteiger partial charge in [-0.05, 0) is 56.9 Å². The summed E-state index contributed by atoms with van der Waals surface area (Å²) in [6, 6.07) is 6.71. The number of hydrogen-bond donors (Lipinski definition) is 1. The van der Waals surface area contributed by atoms with Gasteiger partial charge in [0.25, 0.3) is 0 Å². The third-order valence-electron chi connectivity index (χ3n) is 4.52. The third-order valence-corrected chi connectivity index (χ3v) is 4.52. The summed E-state index contributed by atoms with van der Waals surface area (Å²) in [5.74, 6) is -0.204. The molecule has 1 saturated carbocycles. The normalized spacial score (nSPS) is 26.5. The summed E-state index contributed by atoms with van der Waals surface area (Å²) in [4.78, 5) is 2.32. The molecule has 2 unspecified atom stereocenters. The number of methoxy groups -OCH3 is 1. The van der Waals surface area contributed by atoms with Crippen LogP contribution in [-0.4, -0.2) is 31.8 Å². The van der Waals surface area contributed by atoms with Crippen molar-refractivity contribution in [2.45, 2.75) is 44.2 Å². The lowest BCUT2D eigenvalue weighted by molar-refractivity contribution is 0.0413. The van der Waals surface area contributed by atoms with Gasteiger partial charge in [-0.25, -0.2) is 4.39 Å². The molecule has 0 amide bonds. The maximum Gasteiger partial charge on any atom is 0.123 e. The van der Waals surface area contributed by atoms with E-state index in [2.05, 4.69) is 11.8 Å². The number of nitrogens with zero attached hydrogens (tertiary/aromatic N) is 1. The van der Waals surface area contributed by atoms with Crippen molar-refractivity contribution >= 4 is 5.69 Å². The standard InChI is InChI=1S/C16H25FN2O/c1-3-19(14-8-6-13(17)7-9-14)16(12-18)10-4-5-15(11-16)20-2/h6-9,15H,3-5,10-12,18H2,1-2H3. The molecule has 2 N–H and O–H groups in total. The summed E-state index contributed by atoms with van der Waals surface area (Å²) < 4.78 is 18.7. The van der Waals surface area contributed by atoms with Crippen molar-refractivity contribution in [3.8, 4) is 0 Å². The second-order valence-corrected chi connectivity index (χ2v) is 5.60. The molecule has 1 aliphatic rings. The van der Waals surface area contributed by atoms with Gasteiger partial charge < -0.3 is 15.4 Å². The molecular formula is C16H25FN2O. The Hall–Kier alpha value is -1.13. The first kappa shape index (κ1) is 15.3. The summed E-state index contributed by atoms with van der Waals surface area (Å²) in [7, 11) is 1.77. The number of halogens is 1. The van der Waals surface area contributed by atoms with Gasteiger partial charge in [0.1, 0.15) is 5.82 Å². The zero-order valence-corrected chi connectivity index (χ0v) is 12.4. The number of rotatable bonds is 5. The van der Waals surface area contributed by atoms with Gasteiger partial charge in [0.2, 0.25) is 0 Å². The van der Waals surface area contributed by atoms with Gasteiger partial charge in [0, 0.05) is 25.9 Å². The average molecular weight is 280 g/mol. The van der Waals surface area contributed by atoms with E-state index in [1.807, 2.05) is 12.1 Å². The number of anilines is 1. The Morgan fingerprint density at radius 3 is 2.65 bits per heavy atom. The van der Waals surface area contributed by atoms with Crippen LogP contribution < -0.4 is 10.6 Å². The molecule has 2 rings (SSSR count). The van der Waals surface area contributed by atoms with Gasteiger partial charge in [-0.1, -0.05) is 0 Å². The van der Waals surface area contributed by atoms with E-state index in [0.717, 1.165) is 37.9 Å². The minimum absolute atomic E-state index is 0.0779. The van der Waals surface area contributed by atoms with Crippen molar-refractivity contribution in [1.82, 2.24) is 0 Å². The molecule has 0 heterocycles. The molecule has 20 heavy (non-hydrogen) atoms. The van der Waals surface area contributed by atoms with Crippen LogP contribution in [0.5, 0.6) is 0 Å². The Morgan fingerprint density at radius 2 is 2.10 bits per heavy atom. The Morgan fingerprint density at radius 1 is 1.40 bits per heavy atom. The minimum Gasteiger partial charge on any atom is -0.381 e. The van der Waals surface area contributed by atoms with E-state index in [4.69, 9.17) is 10.5 Å². The molecule has 3 nitrogen and oxygen atoms in total. The van der Waals surface area contributed by atoms with Crippen LogP contribution >= 0.6 is 0 Å². The van der Waals surface area contributed by atoms with Crippen molar-refractivity contribution in [2.24, 2.45) is 5.73 Å². The Bertz CT molecular complexity index is 423. The fraction of sp³-hybridized carbons (Fsp3) is 0.625. The predicted molar refractivity (Wildman–Crippen MR) is 80.5 cm³/mol. The lowest BCUT2D eigenvalue weighted by Gasteiger charge is -2.49. The highest BCUT2D eigenvalue weighted by molar-refractivity contribution is 5.49. The topological polar surface area (TPSA) is 38.5 Å². The van der Waals surface area contributed by atoms with Gasteiger partial charge in [-0.3, -0.25) is 0 Å². The fourth-order valence-corrected chi connectivity index (χ4v) is 3.44. The van der Waals surface area contributed by atoms with Crippen LogP contribution in [0.3, 0.4) is 0 Å². The molecule has 0 bridgehead atoms. The number of nitrogens with two attached hydrogens (primary N) is 1. The highest BCUT2D eigenvalue weighted by atomic mass is 19.1. The van der Waals surface area contributed by atoms with E-state index >= 15 is 0 Å². The minimum atomic E-state index is -0.204. The molecule has 1 aliphatic carbocycles. The molecule has 0 radical (unpaired) electrons. The average Bonchev–Trinajstić information content (AvgIpc) is 2.50. The summed E-state index contributed by atoms with van der Waals surface area (Å²) >= 11 is 0. The smallest absolute Gasteiger partial charge is 0.123 e. The lowest BCUT2D eigenvalue weighted by atomic mass is 9.78. The highest BCUT2D eigenvalue weighted by Crippen LogP contribution is 2.37. The Kier molecular flexibility index (Phi) is 5.00. The number of likely N-dealkylation sites (N-methyl/N-ethyl adjacent to an activating group) is 1. The Balaban J connectivity index is 2.28. The van der Waals surface area contributed by atoms with E-state index in [-0.39, 0.29) is 17.5 Å². The molecule has 1 aromatic rings. The quantitative estimate of drug-likeness (QED) is 0.901. The number of hydrogen-bond acceptors (Lipinski definition) is 3. The monoisotopic (exact) mass is 280 g/mol. The van der Waals surface area contributed by atoms with Crippen LogP contribution in [0.25, 0.3) is 0 Å². The van der Waals surface area contributed by atoms with Gasteiger partial charge in [0.05, 0.1) is 11.6 Å². The second kappa shape index (κ2) is 6.55. The fourth-order valence-electron chi connectivity index (χ4n) is 3.44. The van der Waals surface area contributed by atoms with Crippen LogP contribution in [0.15, 0.2) is 24.3 Å². The van der Waals surface area contributed by atoms with Crippen molar-refractivity contribution in [2.75, 3.05) is 25.1 Å². The number of benzene rings is 1. The summed E-state index contributed by atoms with van der Waals surface area (Å²) in [5, 5.41) is 0. The molecular weight excluding hydrogens is 255 g/mol. The van der Waals surface area contributed by atoms with Crippen LogP contribution in [0.4, 0.5) is 10.1 Å². The van der Waals surface area contributed by atoms with E-state index in [0.29, 0.717) is 6.54 Å². The van der Waals surface area contributed by atoms with Crippen molar-refractivity contribution in [3.63, 3.8) is 0 Å². The van der Waals surface area contributed by atoms with E-state index < -0.39 is 0 Å². The van der Waals surface area contributed by atoms with E-state index in [9.17, 15) is 4.39 Å². The molecule has 1 fully saturated rings. The third kappa shape index (κ3) is 2.96. The lowest BCUT2D eigenvalue weighted by Crippen LogP contribution is -2.57. The highest BCUT2D eigenvalue weighted by Gasteiger charge is 2.40. The first-order valence-corrected chi connectivity index (χ1v) is 7.41. The summed E-state index contributed by atoms with van der Waals surface area (Å²) in [6.07, 6.45) is 4.48. The maximum absolute atomic E-state index is 13.1. The van der Waals surface area contributed by atoms with Gasteiger partial charge >= 0.3 is 0 Å². The van der Waals surface area contributed by atoms with Crippen LogP contribution in [0.1, 0.15) is 32.6 Å². The van der Waals surface area contributed by atoms with Crippen molar-refractivity contribution < 1.29 is 9.13 Å². The molecule has 0 aromatic heterocycles. The van der Waals surface area contributed by atoms with Gasteiger partial charge in [0.15, 0.2) is 0 Å². The van der Waals surface area contributed by atoms with Crippen molar-refractivity contribution in [3.05, 3.63) is 30.1 Å². The van der Waals surface area contributed by atoms with Crippen LogP contribution in [0.2, 0.25) is 0 Å². The number of ether oxygens (including phenoxy) is 1. The van der Waals surface area contributed by atoms with Gasteiger partial charge in [-0.15, -0.1) is 0 Å². The Labute approximate surface area is 120 Å². The zero-order chi connectivity index (χ0) is 14.6. The van der Waals surface area contributed by atoms with Gasteiger partial charge in [-0.2, -0.15) is 0 Å². The van der Waals surface area contributed by atoms with E-state index in [1.54, 1.807) is 7.11 Å². The van der Waals surface area contributed by atoms with Crippen LogP contribution in [0, 0.1) is 5.82 Å². The molecule has 0 aliphatic heterocycles. The molecule has 4 heteroatoms. The first-order valence-electron chi connectivity index (χ1n) is 7.41. The predicted octanol–water partition coefficient (Wildman–Crippen LogP) is 2.94. The zero-order valence-electron chi connectivity index (χ0n) is 12.4. The molecule has 2 atom stereocenters. The molecule has 0 spiro atoms. The molecule has 0 saturated heterocycles. The first-order chi connectivity index (χ1) is 9.65. The second-order valence-electron chi connectivity index (χ2n) is 5.60. The SMILES string of the molecule is CCN(c1ccc(F)cc1)C1(CN)CCCC(OC)C1.